The van der Waals surface area contributed by atoms with Gasteiger partial charge in [0, 0.05) is 5.56 Å². The summed E-state index contributed by atoms with van der Waals surface area (Å²) in [5.41, 5.74) is 1.96. The van der Waals surface area contributed by atoms with Crippen LogP contribution in [0.15, 0.2) is 57.7 Å². The van der Waals surface area contributed by atoms with Crippen molar-refractivity contribution in [1.82, 2.24) is 0 Å². The van der Waals surface area contributed by atoms with Crippen molar-refractivity contribution < 1.29 is 9.52 Å². The van der Waals surface area contributed by atoms with Gasteiger partial charge in [-0.2, -0.15) is 0 Å². The fraction of sp³-hybridized carbons (Fsp3) is 0.286. The molecule has 1 heterocycles. The molecule has 0 radical (unpaired) electrons. The van der Waals surface area contributed by atoms with E-state index in [0.29, 0.717) is 28.4 Å². The second-order valence-corrected chi connectivity index (χ2v) is 6.76. The molecule has 124 valence electrons. The Bertz CT molecular complexity index is 908. The van der Waals surface area contributed by atoms with Gasteiger partial charge < -0.3 is 9.52 Å². The molecule has 3 aromatic rings. The maximum Gasteiger partial charge on any atom is 0.235 e. The van der Waals surface area contributed by atoms with Crippen LogP contribution in [0.1, 0.15) is 38.7 Å². The molecule has 0 aliphatic heterocycles. The first-order valence-corrected chi connectivity index (χ1v) is 8.32. The molecule has 0 amide bonds. The lowest BCUT2D eigenvalue weighted by atomic mass is 9.91. The van der Waals surface area contributed by atoms with E-state index in [2.05, 4.69) is 20.8 Å². The molecule has 2 aromatic carbocycles. The van der Waals surface area contributed by atoms with Crippen LogP contribution < -0.4 is 5.43 Å². The Kier molecular flexibility index (Phi) is 4.43. The van der Waals surface area contributed by atoms with Crippen LogP contribution in [-0.4, -0.2) is 5.11 Å². The average molecular weight is 322 g/mol. The van der Waals surface area contributed by atoms with Crippen molar-refractivity contribution in [2.45, 2.75) is 33.1 Å². The fourth-order valence-corrected chi connectivity index (χ4v) is 3.13. The van der Waals surface area contributed by atoms with Crippen molar-refractivity contribution in [2.75, 3.05) is 0 Å². The number of hydrogen-bond donors (Lipinski definition) is 1. The van der Waals surface area contributed by atoms with Crippen LogP contribution in [0.3, 0.4) is 0 Å². The highest BCUT2D eigenvalue weighted by molar-refractivity contribution is 5.82. The summed E-state index contributed by atoms with van der Waals surface area (Å²) in [4.78, 5) is 12.5. The number of benzene rings is 2. The molecule has 1 aromatic heterocycles. The lowest BCUT2D eigenvalue weighted by Crippen LogP contribution is -2.04. The van der Waals surface area contributed by atoms with E-state index < -0.39 is 5.43 Å². The molecular weight excluding hydrogens is 300 g/mol. The van der Waals surface area contributed by atoms with E-state index in [1.54, 1.807) is 6.07 Å². The van der Waals surface area contributed by atoms with Crippen molar-refractivity contribution in [2.24, 2.45) is 5.92 Å². The lowest BCUT2D eigenvalue weighted by molar-refractivity contribution is 0.449. The van der Waals surface area contributed by atoms with Crippen LogP contribution >= 0.6 is 0 Å². The smallest absolute Gasteiger partial charge is 0.235 e. The largest absolute Gasteiger partial charge is 0.502 e. The minimum atomic E-state index is -0.391. The molecule has 0 aliphatic rings. The van der Waals surface area contributed by atoms with Gasteiger partial charge in [0.1, 0.15) is 5.58 Å². The monoisotopic (exact) mass is 322 g/mol. The third-order valence-corrected chi connectivity index (χ3v) is 4.32. The van der Waals surface area contributed by atoms with Gasteiger partial charge >= 0.3 is 0 Å². The molecule has 0 saturated heterocycles. The third-order valence-electron chi connectivity index (χ3n) is 4.32. The van der Waals surface area contributed by atoms with Crippen LogP contribution in [0.4, 0.5) is 0 Å². The van der Waals surface area contributed by atoms with E-state index in [0.717, 1.165) is 12.0 Å². The second-order valence-electron chi connectivity index (χ2n) is 6.76. The summed E-state index contributed by atoms with van der Waals surface area (Å²) in [6, 6.07) is 14.8. The Morgan fingerprint density at radius 2 is 1.75 bits per heavy atom. The van der Waals surface area contributed by atoms with Gasteiger partial charge in [-0.15, -0.1) is 0 Å². The first kappa shape index (κ1) is 16.3. The maximum absolute atomic E-state index is 12.5. The average Bonchev–Trinajstić information content (AvgIpc) is 2.57. The van der Waals surface area contributed by atoms with Gasteiger partial charge in [0.2, 0.25) is 11.2 Å². The first-order valence-electron chi connectivity index (χ1n) is 8.32. The van der Waals surface area contributed by atoms with Crippen LogP contribution in [0.25, 0.3) is 22.3 Å². The molecule has 0 aliphatic carbocycles. The number of fused-ring (bicyclic) bond motifs is 1. The zero-order valence-electron chi connectivity index (χ0n) is 14.2. The molecule has 3 rings (SSSR count). The highest BCUT2D eigenvalue weighted by Crippen LogP contribution is 2.32. The van der Waals surface area contributed by atoms with Crippen molar-refractivity contribution >= 4 is 11.0 Å². The van der Waals surface area contributed by atoms with E-state index in [1.165, 1.54) is 0 Å². The van der Waals surface area contributed by atoms with E-state index in [-0.39, 0.29) is 11.5 Å². The number of aromatic hydroxyl groups is 1. The molecule has 0 spiro atoms. The van der Waals surface area contributed by atoms with E-state index in [4.69, 9.17) is 4.42 Å². The van der Waals surface area contributed by atoms with Crippen molar-refractivity contribution in [3.63, 3.8) is 0 Å². The summed E-state index contributed by atoms with van der Waals surface area (Å²) in [5.74, 6) is 0.870. The van der Waals surface area contributed by atoms with Crippen LogP contribution in [0.2, 0.25) is 0 Å². The molecular formula is C21H22O3. The van der Waals surface area contributed by atoms with E-state index >= 15 is 0 Å². The fourth-order valence-electron chi connectivity index (χ4n) is 3.13. The van der Waals surface area contributed by atoms with Gasteiger partial charge in [0.25, 0.3) is 0 Å². The summed E-state index contributed by atoms with van der Waals surface area (Å²) >= 11 is 0. The van der Waals surface area contributed by atoms with Gasteiger partial charge in [-0.3, -0.25) is 4.79 Å². The minimum Gasteiger partial charge on any atom is -0.502 e. The lowest BCUT2D eigenvalue weighted by Gasteiger charge is -2.15. The first-order chi connectivity index (χ1) is 11.5. The number of hydrogen-bond acceptors (Lipinski definition) is 3. The Hall–Kier alpha value is -2.55. The van der Waals surface area contributed by atoms with E-state index in [1.807, 2.05) is 42.5 Å². The SMILES string of the molecule is CC(C)CC(C)c1ccc2c(=O)c(O)c(-c3ccccc3)oc2c1. The third kappa shape index (κ3) is 3.07. The predicted octanol–water partition coefficient (Wildman–Crippen LogP) is 5.32. The van der Waals surface area contributed by atoms with Crippen LogP contribution in [0, 0.1) is 5.92 Å². The summed E-state index contributed by atoms with van der Waals surface area (Å²) in [6.45, 7) is 6.57. The molecule has 0 fully saturated rings. The highest BCUT2D eigenvalue weighted by atomic mass is 16.4. The van der Waals surface area contributed by atoms with Crippen LogP contribution in [0.5, 0.6) is 5.75 Å². The summed E-state index contributed by atoms with van der Waals surface area (Å²) < 4.78 is 5.91. The zero-order chi connectivity index (χ0) is 17.3. The van der Waals surface area contributed by atoms with Gasteiger partial charge in [-0.1, -0.05) is 57.2 Å². The maximum atomic E-state index is 12.5. The molecule has 24 heavy (non-hydrogen) atoms. The molecule has 3 heteroatoms. The molecule has 0 bridgehead atoms. The summed E-state index contributed by atoms with van der Waals surface area (Å²) in [7, 11) is 0. The van der Waals surface area contributed by atoms with Gasteiger partial charge in [0.15, 0.2) is 5.76 Å². The number of rotatable bonds is 4. The topological polar surface area (TPSA) is 50.4 Å². The molecule has 1 N–H and O–H groups in total. The summed E-state index contributed by atoms with van der Waals surface area (Å²) in [6.07, 6.45) is 1.07. The van der Waals surface area contributed by atoms with E-state index in [9.17, 15) is 9.90 Å². The molecule has 0 saturated carbocycles. The highest BCUT2D eigenvalue weighted by Gasteiger charge is 2.16. The van der Waals surface area contributed by atoms with Gasteiger partial charge in [-0.25, -0.2) is 0 Å². The van der Waals surface area contributed by atoms with Crippen molar-refractivity contribution in [1.29, 1.82) is 0 Å². The second kappa shape index (κ2) is 6.52. The Balaban J connectivity index is 2.16. The van der Waals surface area contributed by atoms with Crippen molar-refractivity contribution in [3.05, 3.63) is 64.3 Å². The Labute approximate surface area is 141 Å². The van der Waals surface area contributed by atoms with Crippen molar-refractivity contribution in [3.8, 4) is 17.1 Å². The molecule has 3 nitrogen and oxygen atoms in total. The van der Waals surface area contributed by atoms with Crippen LogP contribution in [-0.2, 0) is 0 Å². The minimum absolute atomic E-state index is 0.224. The molecule has 1 atom stereocenters. The Morgan fingerprint density at radius 3 is 2.42 bits per heavy atom. The zero-order valence-corrected chi connectivity index (χ0v) is 14.2. The quantitative estimate of drug-likeness (QED) is 0.707. The predicted molar refractivity (Wildman–Crippen MR) is 97.5 cm³/mol. The standard InChI is InChI=1S/C21H22O3/c1-13(2)11-14(3)16-9-10-17-18(12-16)24-21(20(23)19(17)22)15-7-5-4-6-8-15/h4-10,12-14,23H,11H2,1-3H3. The normalized spacial score (nSPS) is 12.7. The Morgan fingerprint density at radius 1 is 1.04 bits per heavy atom. The van der Waals surface area contributed by atoms with Gasteiger partial charge in [-0.05, 0) is 36.0 Å². The summed E-state index contributed by atoms with van der Waals surface area (Å²) in [5, 5.41) is 10.7. The van der Waals surface area contributed by atoms with Gasteiger partial charge in [0.05, 0.1) is 5.39 Å². The molecule has 1 unspecified atom stereocenters.